The molecular weight excluding hydrogens is 290 g/mol. The fourth-order valence-electron chi connectivity index (χ4n) is 1.61. The van der Waals surface area contributed by atoms with Crippen molar-refractivity contribution in [1.29, 1.82) is 0 Å². The van der Waals surface area contributed by atoms with Crippen molar-refractivity contribution < 1.29 is 12.8 Å². The molecule has 2 aromatic rings. The van der Waals surface area contributed by atoms with Gasteiger partial charge in [-0.05, 0) is 13.0 Å². The summed E-state index contributed by atoms with van der Waals surface area (Å²) in [6.07, 6.45) is 2.89. The van der Waals surface area contributed by atoms with Crippen molar-refractivity contribution in [3.63, 3.8) is 0 Å². The van der Waals surface area contributed by atoms with Crippen molar-refractivity contribution in [1.82, 2.24) is 13.9 Å². The maximum absolute atomic E-state index is 12.3. The van der Waals surface area contributed by atoms with Crippen LogP contribution >= 0.6 is 11.6 Å². The van der Waals surface area contributed by atoms with E-state index in [1.165, 1.54) is 28.5 Å². The summed E-state index contributed by atoms with van der Waals surface area (Å²) in [4.78, 5) is 3.84. The van der Waals surface area contributed by atoms with E-state index in [4.69, 9.17) is 16.0 Å². The third-order valence-electron chi connectivity index (χ3n) is 2.85. The fourth-order valence-corrected chi connectivity index (χ4v) is 3.14. The van der Waals surface area contributed by atoms with Gasteiger partial charge in [0, 0.05) is 26.2 Å². The minimum Gasteiger partial charge on any atom is -0.469 e. The topological polar surface area (TPSA) is 68.3 Å². The fraction of sp³-hybridized carbons (Fsp3) is 0.364. The molecule has 0 bridgehead atoms. The smallest absolute Gasteiger partial charge is 0.263 e. The molecule has 0 unspecified atom stereocenters. The number of aryl methyl sites for hydroxylation is 2. The quantitative estimate of drug-likeness (QED) is 0.863. The third kappa shape index (κ3) is 2.54. The summed E-state index contributed by atoms with van der Waals surface area (Å²) in [5.41, 5.74) is 0.804. The summed E-state index contributed by atoms with van der Waals surface area (Å²) in [5.74, 6) is 0.689. The van der Waals surface area contributed by atoms with Crippen LogP contribution in [-0.4, -0.2) is 29.3 Å². The Morgan fingerprint density at radius 3 is 2.68 bits per heavy atom. The van der Waals surface area contributed by atoms with E-state index in [9.17, 15) is 8.42 Å². The number of furan rings is 1. The zero-order valence-corrected chi connectivity index (χ0v) is 12.4. The summed E-state index contributed by atoms with van der Waals surface area (Å²) in [6, 6.07) is 1.74. The molecule has 0 saturated heterocycles. The number of hydrogen-bond acceptors (Lipinski definition) is 4. The molecule has 0 saturated carbocycles. The van der Waals surface area contributed by atoms with Crippen molar-refractivity contribution in [3.05, 3.63) is 35.1 Å². The second kappa shape index (κ2) is 4.99. The van der Waals surface area contributed by atoms with Gasteiger partial charge in [-0.3, -0.25) is 0 Å². The van der Waals surface area contributed by atoms with Gasteiger partial charge in [0.2, 0.25) is 5.03 Å². The Hall–Kier alpha value is -1.31. The largest absolute Gasteiger partial charge is 0.469 e. The van der Waals surface area contributed by atoms with Crippen LogP contribution in [-0.2, 0) is 23.6 Å². The number of aromatic nitrogens is 2. The first kappa shape index (κ1) is 14.1. The van der Waals surface area contributed by atoms with Crippen LogP contribution in [0.4, 0.5) is 0 Å². The highest BCUT2D eigenvalue weighted by molar-refractivity contribution is 7.89. The molecule has 104 valence electrons. The highest BCUT2D eigenvalue weighted by Crippen LogP contribution is 2.23. The Balaban J connectivity index is 2.30. The Morgan fingerprint density at radius 2 is 2.21 bits per heavy atom. The molecule has 2 rings (SSSR count). The van der Waals surface area contributed by atoms with E-state index >= 15 is 0 Å². The first-order valence-electron chi connectivity index (χ1n) is 5.50. The lowest BCUT2D eigenvalue weighted by Crippen LogP contribution is -2.27. The average molecular weight is 304 g/mol. The van der Waals surface area contributed by atoms with Gasteiger partial charge in [-0.2, -0.15) is 4.31 Å². The summed E-state index contributed by atoms with van der Waals surface area (Å²) in [6.45, 7) is 1.99. The Kier molecular flexibility index (Phi) is 3.71. The molecule has 0 fully saturated rings. The van der Waals surface area contributed by atoms with Crippen LogP contribution in [0.5, 0.6) is 0 Å². The van der Waals surface area contributed by atoms with E-state index in [1.807, 2.05) is 0 Å². The third-order valence-corrected chi connectivity index (χ3v) is 5.14. The molecule has 0 spiro atoms. The second-order valence-electron chi connectivity index (χ2n) is 4.21. The zero-order chi connectivity index (χ0) is 14.2. The van der Waals surface area contributed by atoms with E-state index in [1.54, 1.807) is 20.0 Å². The van der Waals surface area contributed by atoms with Gasteiger partial charge >= 0.3 is 0 Å². The van der Waals surface area contributed by atoms with Crippen LogP contribution in [0.15, 0.2) is 28.1 Å². The van der Waals surface area contributed by atoms with E-state index in [-0.39, 0.29) is 16.7 Å². The van der Waals surface area contributed by atoms with Crippen molar-refractivity contribution in [2.24, 2.45) is 7.05 Å². The lowest BCUT2D eigenvalue weighted by molar-refractivity contribution is 0.457. The molecule has 0 aliphatic heterocycles. The minimum atomic E-state index is -3.71. The molecule has 0 aliphatic rings. The van der Waals surface area contributed by atoms with Crippen LogP contribution in [0.25, 0.3) is 0 Å². The minimum absolute atomic E-state index is 0.0933. The van der Waals surface area contributed by atoms with Crippen molar-refractivity contribution in [3.8, 4) is 0 Å². The van der Waals surface area contributed by atoms with Crippen molar-refractivity contribution in [2.75, 3.05) is 7.05 Å². The molecule has 0 radical (unpaired) electrons. The highest BCUT2D eigenvalue weighted by atomic mass is 35.5. The maximum atomic E-state index is 12.3. The first-order valence-corrected chi connectivity index (χ1v) is 7.32. The number of rotatable bonds is 4. The van der Waals surface area contributed by atoms with E-state index in [0.717, 1.165) is 5.56 Å². The second-order valence-corrected chi connectivity index (χ2v) is 6.53. The molecule has 6 nitrogen and oxygen atoms in total. The van der Waals surface area contributed by atoms with Gasteiger partial charge < -0.3 is 8.98 Å². The Bertz CT molecular complexity index is 690. The highest BCUT2D eigenvalue weighted by Gasteiger charge is 2.27. The van der Waals surface area contributed by atoms with Crippen molar-refractivity contribution >= 4 is 21.6 Å². The summed E-state index contributed by atoms with van der Waals surface area (Å²) >= 11 is 5.93. The van der Waals surface area contributed by atoms with Crippen LogP contribution < -0.4 is 0 Å². The SMILES string of the molecule is Cc1occc1CN(C)S(=O)(=O)c1ncn(C)c1Cl. The summed E-state index contributed by atoms with van der Waals surface area (Å²) < 4.78 is 32.5. The zero-order valence-electron chi connectivity index (χ0n) is 10.8. The predicted octanol–water partition coefficient (Wildman–Crippen LogP) is 1.80. The van der Waals surface area contributed by atoms with Gasteiger partial charge in [0.05, 0.1) is 12.6 Å². The van der Waals surface area contributed by atoms with Crippen molar-refractivity contribution in [2.45, 2.75) is 18.5 Å². The van der Waals surface area contributed by atoms with Gasteiger partial charge in [0.15, 0.2) is 0 Å². The molecule has 0 aliphatic carbocycles. The van der Waals surface area contributed by atoms with Gasteiger partial charge in [0.1, 0.15) is 10.9 Å². The van der Waals surface area contributed by atoms with Crippen LogP contribution in [0.3, 0.4) is 0 Å². The van der Waals surface area contributed by atoms with Crippen LogP contribution in [0, 0.1) is 6.92 Å². The van der Waals surface area contributed by atoms with Gasteiger partial charge in [0.25, 0.3) is 10.0 Å². The average Bonchev–Trinajstić information content (AvgIpc) is 2.88. The van der Waals surface area contributed by atoms with Gasteiger partial charge in [-0.1, -0.05) is 11.6 Å². The van der Waals surface area contributed by atoms with E-state index in [0.29, 0.717) is 5.76 Å². The molecule has 8 heteroatoms. The van der Waals surface area contributed by atoms with E-state index in [2.05, 4.69) is 4.98 Å². The maximum Gasteiger partial charge on any atom is 0.263 e. The molecule has 2 heterocycles. The Labute approximate surface area is 116 Å². The number of nitrogens with zero attached hydrogens (tertiary/aromatic N) is 3. The molecule has 0 amide bonds. The number of sulfonamides is 1. The number of imidazole rings is 1. The summed E-state index contributed by atoms with van der Waals surface area (Å²) in [7, 11) is -0.601. The molecule has 0 N–H and O–H groups in total. The molecule has 0 aromatic carbocycles. The molecular formula is C11H14ClN3O3S. The van der Waals surface area contributed by atoms with Gasteiger partial charge in [-0.25, -0.2) is 13.4 Å². The predicted molar refractivity (Wildman–Crippen MR) is 70.3 cm³/mol. The number of hydrogen-bond donors (Lipinski definition) is 0. The van der Waals surface area contributed by atoms with E-state index < -0.39 is 10.0 Å². The molecule has 2 aromatic heterocycles. The number of halogens is 1. The first-order chi connectivity index (χ1) is 8.84. The molecule has 19 heavy (non-hydrogen) atoms. The molecule has 0 atom stereocenters. The Morgan fingerprint density at radius 1 is 1.53 bits per heavy atom. The summed E-state index contributed by atoms with van der Waals surface area (Å²) in [5, 5.41) is -0.0453. The van der Waals surface area contributed by atoms with Crippen LogP contribution in [0.1, 0.15) is 11.3 Å². The normalized spacial score (nSPS) is 12.3. The lowest BCUT2D eigenvalue weighted by Gasteiger charge is -2.15. The monoisotopic (exact) mass is 303 g/mol. The van der Waals surface area contributed by atoms with Crippen LogP contribution in [0.2, 0.25) is 5.15 Å². The van der Waals surface area contributed by atoms with Gasteiger partial charge in [-0.15, -0.1) is 0 Å². The lowest BCUT2D eigenvalue weighted by atomic mass is 10.3. The standard InChI is InChI=1S/C11H14ClN3O3S/c1-8-9(4-5-18-8)6-15(3)19(16,17)11-10(12)14(2)7-13-11/h4-5,7H,6H2,1-3H3.